The van der Waals surface area contributed by atoms with E-state index in [-0.39, 0.29) is 24.8 Å². The molecule has 6 heteroatoms. The molecule has 0 radical (unpaired) electrons. The van der Waals surface area contributed by atoms with Crippen LogP contribution in [0.1, 0.15) is 31.2 Å². The summed E-state index contributed by atoms with van der Waals surface area (Å²) in [7, 11) is 0. The number of carbonyl (C=O) groups is 2. The number of nitrogens with zero attached hydrogens (tertiary/aromatic N) is 3. The van der Waals surface area contributed by atoms with Crippen molar-refractivity contribution >= 4 is 28.9 Å². The van der Waals surface area contributed by atoms with Crippen LogP contribution in [0.3, 0.4) is 0 Å². The highest BCUT2D eigenvalue weighted by Crippen LogP contribution is 2.29. The molecule has 2 heterocycles. The first-order valence-corrected chi connectivity index (χ1v) is 10.1. The van der Waals surface area contributed by atoms with Gasteiger partial charge in [-0.1, -0.05) is 12.1 Å². The van der Waals surface area contributed by atoms with Crippen LogP contribution in [-0.2, 0) is 9.59 Å². The Morgan fingerprint density at radius 3 is 2.48 bits per heavy atom. The molecule has 2 aliphatic heterocycles. The van der Waals surface area contributed by atoms with Crippen molar-refractivity contribution in [2.75, 3.05) is 34.8 Å². The van der Waals surface area contributed by atoms with E-state index in [1.165, 1.54) is 24.9 Å². The maximum Gasteiger partial charge on any atom is 0.229 e. The van der Waals surface area contributed by atoms with Gasteiger partial charge in [0.2, 0.25) is 11.8 Å². The molecule has 29 heavy (non-hydrogen) atoms. The summed E-state index contributed by atoms with van der Waals surface area (Å²) in [4.78, 5) is 29.1. The lowest BCUT2D eigenvalue weighted by Crippen LogP contribution is -2.29. The molecule has 1 unspecified atom stereocenters. The van der Waals surface area contributed by atoms with Crippen LogP contribution in [0.2, 0.25) is 0 Å². The van der Waals surface area contributed by atoms with Crippen molar-refractivity contribution in [3.63, 3.8) is 0 Å². The summed E-state index contributed by atoms with van der Waals surface area (Å²) < 4.78 is 0. The van der Waals surface area contributed by atoms with Gasteiger partial charge in [0.05, 0.1) is 17.2 Å². The van der Waals surface area contributed by atoms with Gasteiger partial charge in [0.25, 0.3) is 0 Å². The minimum Gasteiger partial charge on any atom is -0.372 e. The molecule has 4 rings (SSSR count). The molecule has 0 aliphatic carbocycles. The Morgan fingerprint density at radius 2 is 1.76 bits per heavy atom. The molecule has 1 atom stereocenters. The summed E-state index contributed by atoms with van der Waals surface area (Å²) in [5.41, 5.74) is 2.92. The second kappa shape index (κ2) is 8.36. The lowest BCUT2D eigenvalue weighted by Gasteiger charge is -2.28. The number of nitriles is 1. The first-order valence-electron chi connectivity index (χ1n) is 10.1. The van der Waals surface area contributed by atoms with Gasteiger partial charge in [-0.2, -0.15) is 5.26 Å². The second-order valence-electron chi connectivity index (χ2n) is 7.62. The van der Waals surface area contributed by atoms with Gasteiger partial charge in [0, 0.05) is 37.4 Å². The van der Waals surface area contributed by atoms with Crippen molar-refractivity contribution in [2.24, 2.45) is 5.92 Å². The third kappa shape index (κ3) is 4.09. The maximum absolute atomic E-state index is 12.7. The van der Waals surface area contributed by atoms with Gasteiger partial charge in [0.1, 0.15) is 6.07 Å². The highest BCUT2D eigenvalue weighted by atomic mass is 16.2. The van der Waals surface area contributed by atoms with E-state index in [0.29, 0.717) is 11.3 Å². The fourth-order valence-electron chi connectivity index (χ4n) is 4.07. The third-order valence-electron chi connectivity index (χ3n) is 5.67. The van der Waals surface area contributed by atoms with Crippen LogP contribution in [0.5, 0.6) is 0 Å². The average molecular weight is 388 g/mol. The molecular formula is C23H24N4O2. The predicted octanol–water partition coefficient (Wildman–Crippen LogP) is 3.54. The van der Waals surface area contributed by atoms with Crippen LogP contribution in [0, 0.1) is 17.2 Å². The van der Waals surface area contributed by atoms with Crippen LogP contribution >= 0.6 is 0 Å². The number of para-hydroxylation sites is 1. The molecule has 2 fully saturated rings. The van der Waals surface area contributed by atoms with Crippen molar-refractivity contribution in [1.29, 1.82) is 5.26 Å². The van der Waals surface area contributed by atoms with Gasteiger partial charge < -0.3 is 15.1 Å². The molecule has 2 amide bonds. The Bertz CT molecular complexity index is 942. The Kier molecular flexibility index (Phi) is 5.48. The van der Waals surface area contributed by atoms with Crippen LogP contribution in [0.25, 0.3) is 0 Å². The van der Waals surface area contributed by atoms with E-state index in [4.69, 9.17) is 0 Å². The van der Waals surface area contributed by atoms with E-state index >= 15 is 0 Å². The smallest absolute Gasteiger partial charge is 0.229 e. The van der Waals surface area contributed by atoms with E-state index in [1.807, 2.05) is 24.3 Å². The molecule has 2 aliphatic rings. The first kappa shape index (κ1) is 19.0. The number of piperidine rings is 1. The SMILES string of the molecule is N#Cc1ccccc1N1CC(C(=O)Nc2ccc(N3CCCCC3)cc2)CC1=O. The minimum absolute atomic E-state index is 0.131. The van der Waals surface area contributed by atoms with Crippen LogP contribution in [0.4, 0.5) is 17.1 Å². The van der Waals surface area contributed by atoms with Gasteiger partial charge in [-0.3, -0.25) is 9.59 Å². The maximum atomic E-state index is 12.7. The molecule has 2 aromatic rings. The highest BCUT2D eigenvalue weighted by molar-refractivity contribution is 6.04. The molecule has 0 saturated carbocycles. The van der Waals surface area contributed by atoms with Crippen LogP contribution in [-0.4, -0.2) is 31.4 Å². The summed E-state index contributed by atoms with van der Waals surface area (Å²) in [6.45, 7) is 2.45. The molecule has 6 nitrogen and oxygen atoms in total. The number of hydrogen-bond acceptors (Lipinski definition) is 4. The number of amides is 2. The van der Waals surface area contributed by atoms with Crippen LogP contribution < -0.4 is 15.1 Å². The van der Waals surface area contributed by atoms with Gasteiger partial charge in [-0.05, 0) is 55.7 Å². The number of benzene rings is 2. The fraction of sp³-hybridized carbons (Fsp3) is 0.348. The third-order valence-corrected chi connectivity index (χ3v) is 5.67. The lowest BCUT2D eigenvalue weighted by atomic mass is 10.1. The molecular weight excluding hydrogens is 364 g/mol. The Morgan fingerprint density at radius 1 is 1.03 bits per heavy atom. The van der Waals surface area contributed by atoms with Gasteiger partial charge in [-0.15, -0.1) is 0 Å². The first-order chi connectivity index (χ1) is 14.2. The average Bonchev–Trinajstić information content (AvgIpc) is 3.16. The van der Waals surface area contributed by atoms with Crippen molar-refractivity contribution in [1.82, 2.24) is 0 Å². The monoisotopic (exact) mass is 388 g/mol. The molecule has 2 saturated heterocycles. The Hall–Kier alpha value is -3.33. The zero-order chi connectivity index (χ0) is 20.2. The molecule has 148 valence electrons. The summed E-state index contributed by atoms with van der Waals surface area (Å²) >= 11 is 0. The predicted molar refractivity (Wildman–Crippen MR) is 113 cm³/mol. The number of rotatable bonds is 4. The number of anilines is 3. The van der Waals surface area contributed by atoms with E-state index in [2.05, 4.69) is 16.3 Å². The molecule has 0 spiro atoms. The summed E-state index contributed by atoms with van der Waals surface area (Å²) in [5.74, 6) is -0.731. The number of hydrogen-bond donors (Lipinski definition) is 1. The second-order valence-corrected chi connectivity index (χ2v) is 7.62. The summed E-state index contributed by atoms with van der Waals surface area (Å²) in [5, 5.41) is 12.2. The fourth-order valence-corrected chi connectivity index (χ4v) is 4.07. The van der Waals surface area contributed by atoms with Crippen LogP contribution in [0.15, 0.2) is 48.5 Å². The van der Waals surface area contributed by atoms with Gasteiger partial charge in [-0.25, -0.2) is 0 Å². The lowest BCUT2D eigenvalue weighted by molar-refractivity contribution is -0.122. The van der Waals surface area contributed by atoms with E-state index in [1.54, 1.807) is 29.2 Å². The summed E-state index contributed by atoms with van der Waals surface area (Å²) in [6, 6.07) is 17.0. The molecule has 0 aromatic heterocycles. The normalized spacial score (nSPS) is 19.1. The summed E-state index contributed by atoms with van der Waals surface area (Å²) in [6.07, 6.45) is 3.89. The van der Waals surface area contributed by atoms with E-state index in [0.717, 1.165) is 18.8 Å². The quantitative estimate of drug-likeness (QED) is 0.869. The topological polar surface area (TPSA) is 76.4 Å². The van der Waals surface area contributed by atoms with Gasteiger partial charge >= 0.3 is 0 Å². The van der Waals surface area contributed by atoms with Gasteiger partial charge in [0.15, 0.2) is 0 Å². The van der Waals surface area contributed by atoms with Crippen molar-refractivity contribution < 1.29 is 9.59 Å². The molecule has 2 aromatic carbocycles. The molecule has 0 bridgehead atoms. The standard InChI is InChI=1S/C23H24N4O2/c24-15-17-6-2-3-7-21(17)27-16-18(14-22(27)28)23(29)25-19-8-10-20(11-9-19)26-12-4-1-5-13-26/h2-3,6-11,18H,1,4-5,12-14,16H2,(H,25,29). The largest absolute Gasteiger partial charge is 0.372 e. The van der Waals surface area contributed by atoms with Crippen molar-refractivity contribution in [3.05, 3.63) is 54.1 Å². The zero-order valence-corrected chi connectivity index (χ0v) is 16.3. The van der Waals surface area contributed by atoms with E-state index in [9.17, 15) is 14.9 Å². The zero-order valence-electron chi connectivity index (χ0n) is 16.3. The number of carbonyl (C=O) groups excluding carboxylic acids is 2. The minimum atomic E-state index is -0.434. The van der Waals surface area contributed by atoms with Crippen molar-refractivity contribution in [2.45, 2.75) is 25.7 Å². The number of nitrogens with one attached hydrogen (secondary N) is 1. The Balaban J connectivity index is 1.40. The van der Waals surface area contributed by atoms with Crippen molar-refractivity contribution in [3.8, 4) is 6.07 Å². The van der Waals surface area contributed by atoms with E-state index < -0.39 is 5.92 Å². The Labute approximate surface area is 170 Å². The highest BCUT2D eigenvalue weighted by Gasteiger charge is 2.36. The molecule has 1 N–H and O–H groups in total.